The van der Waals surface area contributed by atoms with E-state index in [1.165, 1.54) is 38.0 Å². The fraction of sp³-hybridized carbons (Fsp3) is 0.400. The van der Waals surface area contributed by atoms with Crippen LogP contribution in [0.25, 0.3) is 83.9 Å². The Morgan fingerprint density at radius 3 is 1.07 bits per heavy atom. The highest BCUT2D eigenvalue weighted by Gasteiger charge is 2.37. The largest absolute Gasteiger partial charge is 0.355 e. The first-order chi connectivity index (χ1) is 57.9. The third-order valence-electron chi connectivity index (χ3n) is 22.6. The number of amides is 1. The van der Waals surface area contributed by atoms with Crippen molar-refractivity contribution in [3.63, 3.8) is 0 Å². The van der Waals surface area contributed by atoms with E-state index in [1.54, 1.807) is 89.5 Å². The summed E-state index contributed by atoms with van der Waals surface area (Å²) in [7, 11) is 7.46. The minimum absolute atomic E-state index is 0.0293. The van der Waals surface area contributed by atoms with Crippen molar-refractivity contribution in [3.05, 3.63) is 207 Å². The van der Waals surface area contributed by atoms with Gasteiger partial charge in [0, 0.05) is 95.2 Å². The van der Waals surface area contributed by atoms with Crippen molar-refractivity contribution < 1.29 is 18.0 Å². The number of carbonyl (C=O) groups is 1. The van der Waals surface area contributed by atoms with Crippen LogP contribution in [0.3, 0.4) is 0 Å². The highest BCUT2D eigenvalue weighted by Crippen LogP contribution is 2.43. The van der Waals surface area contributed by atoms with E-state index in [0.29, 0.717) is 133 Å². The number of aryl methyl sites for hydroxylation is 3. The normalized spacial score (nSPS) is 17.5. The van der Waals surface area contributed by atoms with E-state index >= 15 is 4.39 Å². The van der Waals surface area contributed by atoms with Crippen molar-refractivity contribution in [2.75, 3.05) is 78.9 Å². The summed E-state index contributed by atoms with van der Waals surface area (Å²) in [6, 6.07) is 24.0. The van der Waals surface area contributed by atoms with Crippen LogP contribution in [0, 0.1) is 50.1 Å². The number of hydrogen-bond donors (Lipinski definition) is 0. The van der Waals surface area contributed by atoms with Crippen LogP contribution in [0.4, 0.5) is 42.5 Å². The van der Waals surface area contributed by atoms with Crippen LogP contribution in [0.2, 0.25) is 20.4 Å². The fourth-order valence-electron chi connectivity index (χ4n) is 16.3. The number of hydrogen-bond acceptors (Lipinski definition) is 21. The molecule has 15 rings (SSSR count). The van der Waals surface area contributed by atoms with Gasteiger partial charge in [0.05, 0.1) is 99.5 Å². The van der Waals surface area contributed by atoms with Crippen molar-refractivity contribution >= 4 is 115 Å². The predicted molar refractivity (Wildman–Crippen MR) is 482 cm³/mol. The van der Waals surface area contributed by atoms with E-state index in [4.69, 9.17) is 71.3 Å². The number of pyridine rings is 3. The van der Waals surface area contributed by atoms with Gasteiger partial charge >= 0.3 is 17.1 Å². The molecule has 0 bridgehead atoms. The molecule has 3 aliphatic rings. The molecule has 122 heavy (non-hydrogen) atoms. The minimum atomic E-state index is -0.586. The summed E-state index contributed by atoms with van der Waals surface area (Å²) in [5.41, 5.74) is 5.76. The first-order valence-electron chi connectivity index (χ1n) is 40.9. The summed E-state index contributed by atoms with van der Waals surface area (Å²) < 4.78 is 49.2. The van der Waals surface area contributed by atoms with E-state index in [2.05, 4.69) is 79.0 Å². The van der Waals surface area contributed by atoms with Crippen LogP contribution < -0.4 is 41.6 Å². The van der Waals surface area contributed by atoms with Gasteiger partial charge in [-0.05, 0) is 176 Å². The molecule has 12 aromatic rings. The van der Waals surface area contributed by atoms with Crippen LogP contribution in [0.15, 0.2) is 118 Å². The maximum Gasteiger partial charge on any atom is 0.355 e. The summed E-state index contributed by atoms with van der Waals surface area (Å²) in [5, 5.41) is 2.57. The Hall–Kier alpha value is -11.1. The second-order valence-corrected chi connectivity index (χ2v) is 34.9. The zero-order valence-electron chi connectivity index (χ0n) is 72.0. The average Bonchev–Trinajstić information content (AvgIpc) is 0.737. The molecule has 0 unspecified atom stereocenters. The number of carbonyl (C=O) groups excluding carboxylic acids is 1. The fourth-order valence-corrected chi connectivity index (χ4v) is 17.2. The number of benzene rings is 3. The average molecular weight is 1740 g/mol. The molecule has 0 saturated carbocycles. The predicted octanol–water partition coefficient (Wildman–Crippen LogP) is 18.0. The molecule has 9 aromatic heterocycles. The summed E-state index contributed by atoms with van der Waals surface area (Å²) >= 11 is 26.6. The summed E-state index contributed by atoms with van der Waals surface area (Å²) in [6.07, 6.45) is 5.47. The molecule has 3 aliphatic heterocycles. The highest BCUT2D eigenvalue weighted by molar-refractivity contribution is 6.35. The van der Waals surface area contributed by atoms with Crippen LogP contribution in [-0.2, 0) is 4.79 Å². The zero-order valence-corrected chi connectivity index (χ0v) is 75.0. The molecule has 0 spiro atoms. The molecule has 3 saturated heterocycles. The molecule has 32 heteroatoms. The summed E-state index contributed by atoms with van der Waals surface area (Å²) in [5.74, 6) is 1.63. The first-order valence-corrected chi connectivity index (χ1v) is 42.4. The van der Waals surface area contributed by atoms with Crippen LogP contribution >= 0.6 is 46.4 Å². The van der Waals surface area contributed by atoms with E-state index in [9.17, 15) is 28.0 Å². The third kappa shape index (κ3) is 17.4. The maximum absolute atomic E-state index is 15.1. The maximum atomic E-state index is 15.1. The zero-order chi connectivity index (χ0) is 88.2. The lowest BCUT2D eigenvalue weighted by atomic mass is 9.95. The van der Waals surface area contributed by atoms with E-state index in [-0.39, 0.29) is 108 Å². The number of anilines is 5. The number of piperidine rings is 2. The monoisotopic (exact) mass is 1740 g/mol. The van der Waals surface area contributed by atoms with Crippen LogP contribution in [0.1, 0.15) is 161 Å². The summed E-state index contributed by atoms with van der Waals surface area (Å²) in [4.78, 5) is 123. The quantitative estimate of drug-likeness (QED) is 0.0682. The van der Waals surface area contributed by atoms with Gasteiger partial charge in [-0.2, -0.15) is 15.0 Å². The number of aromatic nitrogens is 15. The van der Waals surface area contributed by atoms with Crippen molar-refractivity contribution in [1.29, 1.82) is 0 Å². The molecule has 3 fully saturated rings. The molecule has 25 nitrogen and oxygen atoms in total. The first kappa shape index (κ1) is 88.7. The van der Waals surface area contributed by atoms with Gasteiger partial charge in [0.15, 0.2) is 16.9 Å². The molecular formula is C90H100Cl4F3N21O4. The smallest absolute Gasteiger partial charge is 0.353 e. The van der Waals surface area contributed by atoms with E-state index in [0.717, 1.165) is 38.8 Å². The molecule has 638 valence electrons. The number of fused-ring (bicyclic) bond motifs is 3. The van der Waals surface area contributed by atoms with Crippen molar-refractivity contribution in [3.8, 4) is 50.8 Å². The number of halogens is 7. The van der Waals surface area contributed by atoms with Gasteiger partial charge in [0.2, 0.25) is 23.1 Å². The van der Waals surface area contributed by atoms with Gasteiger partial charge in [-0.15, -0.1) is 0 Å². The molecule has 1 amide bonds. The Labute approximate surface area is 726 Å². The lowest BCUT2D eigenvalue weighted by Gasteiger charge is -2.44. The molecule has 0 N–H and O–H groups in total. The van der Waals surface area contributed by atoms with Crippen LogP contribution in [0.5, 0.6) is 0 Å². The van der Waals surface area contributed by atoms with Gasteiger partial charge in [-0.3, -0.25) is 4.79 Å². The topological polar surface area (TPSA) is 257 Å². The van der Waals surface area contributed by atoms with Gasteiger partial charge < -0.3 is 29.4 Å². The lowest BCUT2D eigenvalue weighted by molar-refractivity contribution is -0.128. The number of rotatable bonds is 15. The molecule has 0 aliphatic carbocycles. The van der Waals surface area contributed by atoms with Gasteiger partial charge in [-0.25, -0.2) is 86.1 Å². The number of nitrogens with zero attached hydrogens (tertiary/aromatic N) is 21. The molecule has 6 atom stereocenters. The minimum Gasteiger partial charge on any atom is -0.353 e. The van der Waals surface area contributed by atoms with Gasteiger partial charge in [0.1, 0.15) is 34.9 Å². The Morgan fingerprint density at radius 1 is 0.426 bits per heavy atom. The Bertz CT molecular complexity index is 6280. The molecular weight excluding hydrogens is 1640 g/mol. The van der Waals surface area contributed by atoms with Crippen molar-refractivity contribution in [2.45, 2.75) is 171 Å². The Balaban J connectivity index is 0.000000158. The lowest BCUT2D eigenvalue weighted by Crippen LogP contribution is -2.58. The molecule has 12 heterocycles. The third-order valence-corrected chi connectivity index (χ3v) is 23.6. The van der Waals surface area contributed by atoms with Crippen molar-refractivity contribution in [2.24, 2.45) is 11.8 Å². The Kier molecular flexibility index (Phi) is 26.3. The molecule has 3 aromatic carbocycles. The second-order valence-electron chi connectivity index (χ2n) is 33.3. The SMILES string of the molecule is C=CC(=O)N1C[C@H](C)N(c2nc(=O)n(-c3c(C)nc(N(C)C)nc3C(C)C)c3nc(-c4ccccc4F)c(Cl)cc23)C[C@H]1C.Cc1nc(Cl)nc(C(C)C)c1-n1c(=O)nc(N2C[C@@H](C)CC[C@@H]2C)c2cc(Cl)c(-c3ccccc3F)nc21.Cc1nc(N(C)C)nc(C(C)C)c1-n1c(=O)nc(N2C[C@@H](C)CC[C@@H]2C)c2cc(Cl)c(-c3ccccc3F)nc21. The van der Waals surface area contributed by atoms with Gasteiger partial charge in [0.25, 0.3) is 0 Å². The second kappa shape index (κ2) is 36.2. The molecule has 0 radical (unpaired) electrons. The number of piperazine rings is 1. The van der Waals surface area contributed by atoms with Crippen LogP contribution in [-0.4, -0.2) is 163 Å². The Morgan fingerprint density at radius 2 is 0.746 bits per heavy atom. The van der Waals surface area contributed by atoms with E-state index < -0.39 is 34.5 Å². The highest BCUT2D eigenvalue weighted by atomic mass is 35.5. The van der Waals surface area contributed by atoms with Crippen molar-refractivity contribution in [1.82, 2.24) is 78.4 Å². The van der Waals surface area contributed by atoms with Gasteiger partial charge in [-0.1, -0.05) is 133 Å². The summed E-state index contributed by atoms with van der Waals surface area (Å²) in [6.45, 7) is 35.9. The standard InChI is InChI=1S/C32H36ClFN8O2.C30H35ClFN7O.C28H29Cl2FN6O/c1-9-25(43)40-15-19(5)41(16-18(40)4)29-22-14-23(33)27(21-12-10-11-13-24(21)34)36-30(22)42(32(44)38-29)28-20(6)35-31(39(7)8)37-26(28)17(2)3;1-16(2)24-26(19(5)33-29(35-24)37(6)7)39-28-21(14-22(31)25(34-28)20-10-8-9-11-23(20)32)27(36-30(39)40)38-15-17(3)12-13-18(38)4;1-14(2)22-24(17(5)32-27(30)34-22)37-26-19(12-20(29)23(33-26)18-8-6-7-9-21(18)31)25(35-28(37)38)36-13-15(3)10-11-16(36)4/h9-14,17-19H,1,15-16H2,2-8H3;8-11,14,16-18H,12-13,15H2,1-7H3;6-9,12,14-16H,10-11,13H2,1-5H3/t18-,19+;17-,18-;15-,16-/m100/s1. The van der Waals surface area contributed by atoms with E-state index in [1.807, 2.05) is 107 Å².